The van der Waals surface area contributed by atoms with E-state index in [4.69, 9.17) is 0 Å². The van der Waals surface area contributed by atoms with Crippen molar-refractivity contribution in [1.29, 1.82) is 0 Å². The predicted octanol–water partition coefficient (Wildman–Crippen LogP) is 1.31. The van der Waals surface area contributed by atoms with Crippen molar-refractivity contribution in [2.75, 3.05) is 13.6 Å². The summed E-state index contributed by atoms with van der Waals surface area (Å²) in [7, 11) is 2.03. The lowest BCUT2D eigenvalue weighted by molar-refractivity contribution is -0.122. The largest absolute Gasteiger partial charge is 0.298 e. The highest BCUT2D eigenvalue weighted by Crippen LogP contribution is 2.28. The molecule has 0 bridgehead atoms. The van der Waals surface area contributed by atoms with E-state index >= 15 is 0 Å². The van der Waals surface area contributed by atoms with Crippen LogP contribution in [-0.4, -0.2) is 30.3 Å². The number of nitrogens with zero attached hydrogens (tertiary/aromatic N) is 1. The van der Waals surface area contributed by atoms with E-state index in [0.29, 0.717) is 5.78 Å². The van der Waals surface area contributed by atoms with Crippen molar-refractivity contribution in [2.45, 2.75) is 33.2 Å². The maximum absolute atomic E-state index is 11.4. The summed E-state index contributed by atoms with van der Waals surface area (Å²) in [5, 5.41) is 0. The maximum Gasteiger partial charge on any atom is 0.151 e. The first-order chi connectivity index (χ1) is 4.93. The highest BCUT2D eigenvalue weighted by atomic mass is 16.1. The van der Waals surface area contributed by atoms with Crippen molar-refractivity contribution in [3.05, 3.63) is 0 Å². The van der Waals surface area contributed by atoms with Crippen LogP contribution in [0.2, 0.25) is 0 Å². The summed E-state index contributed by atoms with van der Waals surface area (Å²) in [5.41, 5.74) is 0.0995. The van der Waals surface area contributed by atoms with Gasteiger partial charge in [0.05, 0.1) is 6.04 Å². The third kappa shape index (κ3) is 1.62. The van der Waals surface area contributed by atoms with Crippen LogP contribution in [0.3, 0.4) is 0 Å². The van der Waals surface area contributed by atoms with Crippen molar-refractivity contribution in [1.82, 2.24) is 4.90 Å². The van der Waals surface area contributed by atoms with Gasteiger partial charge in [0.25, 0.3) is 0 Å². The standard InChI is InChI=1S/C9H17NO/c1-9(2,3)8-7(11)5-6-10(8)4/h8H,5-6H2,1-4H3. The summed E-state index contributed by atoms with van der Waals surface area (Å²) in [6.45, 7) is 7.30. The number of ketones is 1. The predicted molar refractivity (Wildman–Crippen MR) is 45.5 cm³/mol. The Morgan fingerprint density at radius 3 is 2.18 bits per heavy atom. The van der Waals surface area contributed by atoms with Gasteiger partial charge in [0.2, 0.25) is 0 Å². The Morgan fingerprint density at radius 1 is 1.45 bits per heavy atom. The molecule has 1 aliphatic heterocycles. The Balaban J connectivity index is 2.77. The van der Waals surface area contributed by atoms with E-state index in [1.54, 1.807) is 0 Å². The lowest BCUT2D eigenvalue weighted by Gasteiger charge is -2.30. The number of likely N-dealkylation sites (N-methyl/N-ethyl adjacent to an activating group) is 1. The van der Waals surface area contributed by atoms with E-state index in [1.165, 1.54) is 0 Å². The van der Waals surface area contributed by atoms with E-state index in [9.17, 15) is 4.79 Å². The number of hydrogen-bond acceptors (Lipinski definition) is 2. The van der Waals surface area contributed by atoms with Gasteiger partial charge in [0.1, 0.15) is 0 Å². The van der Waals surface area contributed by atoms with Gasteiger partial charge in [0.15, 0.2) is 5.78 Å². The first kappa shape index (κ1) is 8.72. The fourth-order valence-electron chi connectivity index (χ4n) is 1.94. The molecule has 1 aliphatic rings. The molecule has 0 amide bonds. The van der Waals surface area contributed by atoms with Gasteiger partial charge < -0.3 is 0 Å². The van der Waals surface area contributed by atoms with Crippen LogP contribution < -0.4 is 0 Å². The fourth-order valence-corrected chi connectivity index (χ4v) is 1.94. The van der Waals surface area contributed by atoms with Crippen molar-refractivity contribution in [3.8, 4) is 0 Å². The molecule has 0 spiro atoms. The van der Waals surface area contributed by atoms with E-state index < -0.39 is 0 Å². The van der Waals surface area contributed by atoms with Gasteiger partial charge in [-0.2, -0.15) is 0 Å². The van der Waals surface area contributed by atoms with Crippen LogP contribution >= 0.6 is 0 Å². The van der Waals surface area contributed by atoms with Crippen LogP contribution in [-0.2, 0) is 4.79 Å². The Morgan fingerprint density at radius 2 is 2.00 bits per heavy atom. The van der Waals surface area contributed by atoms with Crippen LogP contribution in [0.1, 0.15) is 27.2 Å². The number of hydrogen-bond donors (Lipinski definition) is 0. The summed E-state index contributed by atoms with van der Waals surface area (Å²) in [6, 6.07) is 0.141. The Kier molecular flexibility index (Phi) is 2.06. The van der Waals surface area contributed by atoms with Crippen molar-refractivity contribution in [3.63, 3.8) is 0 Å². The van der Waals surface area contributed by atoms with Gasteiger partial charge in [-0.3, -0.25) is 9.69 Å². The molecular formula is C9H17NO. The van der Waals surface area contributed by atoms with Crippen LogP contribution in [0.15, 0.2) is 0 Å². The zero-order valence-corrected chi connectivity index (χ0v) is 7.85. The molecular weight excluding hydrogens is 138 g/mol. The van der Waals surface area contributed by atoms with E-state index in [1.807, 2.05) is 7.05 Å². The Bertz CT molecular complexity index is 169. The third-order valence-electron chi connectivity index (χ3n) is 2.28. The molecule has 2 heteroatoms. The molecule has 0 aromatic rings. The van der Waals surface area contributed by atoms with Crippen LogP contribution in [0.5, 0.6) is 0 Å². The molecule has 0 N–H and O–H groups in total. The zero-order valence-electron chi connectivity index (χ0n) is 7.85. The quantitative estimate of drug-likeness (QED) is 0.525. The van der Waals surface area contributed by atoms with Gasteiger partial charge in [-0.25, -0.2) is 0 Å². The minimum Gasteiger partial charge on any atom is -0.298 e. The van der Waals surface area contributed by atoms with E-state index in [0.717, 1.165) is 13.0 Å². The van der Waals surface area contributed by atoms with Crippen molar-refractivity contribution >= 4 is 5.78 Å². The molecule has 1 heterocycles. The molecule has 1 saturated heterocycles. The second-order valence-corrected chi connectivity index (χ2v) is 4.47. The maximum atomic E-state index is 11.4. The SMILES string of the molecule is CN1CCC(=O)C1C(C)(C)C. The minimum atomic E-state index is 0.0995. The normalized spacial score (nSPS) is 28.0. The van der Waals surface area contributed by atoms with Gasteiger partial charge in [0, 0.05) is 13.0 Å². The third-order valence-corrected chi connectivity index (χ3v) is 2.28. The molecule has 1 atom stereocenters. The molecule has 0 aromatic heterocycles. The number of Topliss-reactive ketones (excluding diaryl/α,β-unsaturated/α-hetero) is 1. The Labute approximate surface area is 68.6 Å². The van der Waals surface area contributed by atoms with Crippen LogP contribution in [0, 0.1) is 5.41 Å². The topological polar surface area (TPSA) is 20.3 Å². The summed E-state index contributed by atoms with van der Waals surface area (Å²) in [4.78, 5) is 13.5. The van der Waals surface area contributed by atoms with Gasteiger partial charge in [-0.1, -0.05) is 20.8 Å². The number of carbonyl (C=O) groups is 1. The molecule has 0 aromatic carbocycles. The second-order valence-electron chi connectivity index (χ2n) is 4.47. The van der Waals surface area contributed by atoms with Gasteiger partial charge in [-0.05, 0) is 12.5 Å². The Hall–Kier alpha value is -0.370. The molecule has 11 heavy (non-hydrogen) atoms. The summed E-state index contributed by atoms with van der Waals surface area (Å²) >= 11 is 0. The molecule has 1 rings (SSSR count). The van der Waals surface area contributed by atoms with Crippen LogP contribution in [0.25, 0.3) is 0 Å². The lowest BCUT2D eigenvalue weighted by Crippen LogP contribution is -2.40. The monoisotopic (exact) mass is 155 g/mol. The molecule has 0 aliphatic carbocycles. The van der Waals surface area contributed by atoms with Crippen LogP contribution in [0.4, 0.5) is 0 Å². The van der Waals surface area contributed by atoms with E-state index in [2.05, 4.69) is 25.7 Å². The fraction of sp³-hybridized carbons (Fsp3) is 0.889. The summed E-state index contributed by atoms with van der Waals surface area (Å²) < 4.78 is 0. The average molecular weight is 155 g/mol. The highest BCUT2D eigenvalue weighted by molar-refractivity contribution is 5.86. The first-order valence-electron chi connectivity index (χ1n) is 4.16. The smallest absolute Gasteiger partial charge is 0.151 e. The molecule has 2 nitrogen and oxygen atoms in total. The second kappa shape index (κ2) is 2.59. The van der Waals surface area contributed by atoms with Gasteiger partial charge in [-0.15, -0.1) is 0 Å². The molecule has 64 valence electrons. The molecule has 1 unspecified atom stereocenters. The average Bonchev–Trinajstić information content (AvgIpc) is 2.08. The minimum absolute atomic E-state index is 0.0995. The van der Waals surface area contributed by atoms with Crippen molar-refractivity contribution < 1.29 is 4.79 Å². The van der Waals surface area contributed by atoms with Gasteiger partial charge >= 0.3 is 0 Å². The highest BCUT2D eigenvalue weighted by Gasteiger charge is 2.38. The molecule has 0 saturated carbocycles. The van der Waals surface area contributed by atoms with E-state index in [-0.39, 0.29) is 11.5 Å². The summed E-state index contributed by atoms with van der Waals surface area (Å²) in [6.07, 6.45) is 0.735. The molecule has 1 fully saturated rings. The first-order valence-corrected chi connectivity index (χ1v) is 4.16. The number of likely N-dealkylation sites (tertiary alicyclic amines) is 1. The van der Waals surface area contributed by atoms with Crippen molar-refractivity contribution in [2.24, 2.45) is 5.41 Å². The number of rotatable bonds is 0. The summed E-state index contributed by atoms with van der Waals surface area (Å²) in [5.74, 6) is 0.403. The molecule has 0 radical (unpaired) electrons. The zero-order chi connectivity index (χ0) is 8.65. The number of carbonyl (C=O) groups excluding carboxylic acids is 1. The lowest BCUT2D eigenvalue weighted by atomic mass is 9.85.